The van der Waals surface area contributed by atoms with Crippen molar-refractivity contribution in [1.29, 1.82) is 0 Å². The minimum Gasteiger partial charge on any atom is -0.444 e. The molecule has 0 bridgehead atoms. The summed E-state index contributed by atoms with van der Waals surface area (Å²) in [4.78, 5) is 9.40. The summed E-state index contributed by atoms with van der Waals surface area (Å²) < 4.78 is 42.0. The predicted octanol–water partition coefficient (Wildman–Crippen LogP) is 2.07. The van der Waals surface area contributed by atoms with Crippen molar-refractivity contribution in [3.63, 3.8) is 0 Å². The maximum Gasteiger partial charge on any atom is 0.401 e. The van der Waals surface area contributed by atoms with E-state index >= 15 is 0 Å². The first-order valence-corrected chi connectivity index (χ1v) is 6.84. The van der Waals surface area contributed by atoms with Gasteiger partial charge in [0.1, 0.15) is 5.76 Å². The van der Waals surface area contributed by atoms with Crippen LogP contribution in [-0.2, 0) is 6.54 Å². The molecule has 1 aromatic rings. The van der Waals surface area contributed by atoms with Crippen molar-refractivity contribution >= 4 is 29.9 Å². The average molecular weight is 449 g/mol. The number of aryl methyl sites for hydroxylation is 2. The van der Waals surface area contributed by atoms with Crippen molar-refractivity contribution in [3.05, 3.63) is 17.3 Å². The topological polar surface area (TPSA) is 65.7 Å². The monoisotopic (exact) mass is 449 g/mol. The summed E-state index contributed by atoms with van der Waals surface area (Å²) in [6.45, 7) is 3.69. The molecule has 0 fully saturated rings. The molecule has 2 N–H and O–H groups in total. The number of aliphatic imine (C=N–C) groups is 1. The molecule has 0 aromatic carbocycles. The second kappa shape index (κ2) is 9.96. The number of likely N-dealkylation sites (N-methyl/N-ethyl adjacent to an activating group) is 1. The zero-order chi connectivity index (χ0) is 16.8. The highest BCUT2D eigenvalue weighted by Gasteiger charge is 2.28. The number of hydrogen-bond donors (Lipinski definition) is 2. The van der Waals surface area contributed by atoms with Gasteiger partial charge in [-0.3, -0.25) is 9.89 Å². The Balaban J connectivity index is 0.00000484. The molecule has 0 aliphatic rings. The standard InChI is InChI=1S/C13H22F3N5O.HI/c1-9-10(2)22-11(20-9)7-19-12(17-3)18-5-6-21(4)8-13(14,15)16;/h5-8H2,1-4H3,(H2,17,18,19);1H. The van der Waals surface area contributed by atoms with E-state index in [0.717, 1.165) is 11.5 Å². The van der Waals surface area contributed by atoms with Crippen LogP contribution < -0.4 is 10.6 Å². The zero-order valence-electron chi connectivity index (χ0n) is 13.6. The molecule has 1 aromatic heterocycles. The minimum atomic E-state index is -4.19. The summed E-state index contributed by atoms with van der Waals surface area (Å²) in [5, 5.41) is 5.93. The molecule has 23 heavy (non-hydrogen) atoms. The molecule has 0 saturated heterocycles. The van der Waals surface area contributed by atoms with E-state index in [1.165, 1.54) is 11.9 Å². The lowest BCUT2D eigenvalue weighted by atomic mass is 10.4. The van der Waals surface area contributed by atoms with Crippen LogP contribution in [0.5, 0.6) is 0 Å². The van der Waals surface area contributed by atoms with E-state index in [4.69, 9.17) is 4.42 Å². The predicted molar refractivity (Wildman–Crippen MR) is 93.1 cm³/mol. The third-order valence-corrected chi connectivity index (χ3v) is 2.94. The number of oxazole rings is 1. The number of guanidine groups is 1. The van der Waals surface area contributed by atoms with Gasteiger partial charge in [-0.1, -0.05) is 0 Å². The minimum absolute atomic E-state index is 0. The first kappa shape index (κ1) is 22.0. The van der Waals surface area contributed by atoms with Gasteiger partial charge < -0.3 is 15.1 Å². The number of hydrogen-bond acceptors (Lipinski definition) is 4. The van der Waals surface area contributed by atoms with Gasteiger partial charge in [0, 0.05) is 20.1 Å². The highest BCUT2D eigenvalue weighted by Crippen LogP contribution is 2.14. The van der Waals surface area contributed by atoms with E-state index in [2.05, 4.69) is 20.6 Å². The number of halogens is 4. The first-order valence-electron chi connectivity index (χ1n) is 6.84. The highest BCUT2D eigenvalue weighted by molar-refractivity contribution is 14.0. The van der Waals surface area contributed by atoms with Crippen LogP contribution in [0.15, 0.2) is 9.41 Å². The van der Waals surface area contributed by atoms with Gasteiger partial charge in [-0.05, 0) is 20.9 Å². The van der Waals surface area contributed by atoms with Crippen molar-refractivity contribution in [2.45, 2.75) is 26.6 Å². The van der Waals surface area contributed by atoms with Gasteiger partial charge in [0.15, 0.2) is 5.96 Å². The van der Waals surface area contributed by atoms with Gasteiger partial charge in [0.25, 0.3) is 0 Å². The van der Waals surface area contributed by atoms with Gasteiger partial charge in [-0.15, -0.1) is 24.0 Å². The molecule has 1 heterocycles. The Morgan fingerprint density at radius 2 is 1.96 bits per heavy atom. The van der Waals surface area contributed by atoms with Crippen molar-refractivity contribution in [3.8, 4) is 0 Å². The van der Waals surface area contributed by atoms with Gasteiger partial charge in [0.05, 0.1) is 18.8 Å². The molecular formula is C13H23F3IN5O. The molecule has 0 amide bonds. The van der Waals surface area contributed by atoms with E-state index in [1.807, 2.05) is 13.8 Å². The fraction of sp³-hybridized carbons (Fsp3) is 0.692. The number of alkyl halides is 3. The lowest BCUT2D eigenvalue weighted by Crippen LogP contribution is -2.42. The molecule has 0 radical (unpaired) electrons. The fourth-order valence-electron chi connectivity index (χ4n) is 1.75. The third kappa shape index (κ3) is 8.98. The van der Waals surface area contributed by atoms with E-state index in [1.54, 1.807) is 7.05 Å². The van der Waals surface area contributed by atoms with Crippen molar-refractivity contribution in [1.82, 2.24) is 20.5 Å². The van der Waals surface area contributed by atoms with Gasteiger partial charge in [-0.2, -0.15) is 13.2 Å². The summed E-state index contributed by atoms with van der Waals surface area (Å²) in [5.74, 6) is 1.77. The van der Waals surface area contributed by atoms with Crippen LogP contribution in [0.4, 0.5) is 13.2 Å². The molecule has 0 spiro atoms. The van der Waals surface area contributed by atoms with Crippen molar-refractivity contribution in [2.24, 2.45) is 4.99 Å². The molecule has 0 aliphatic carbocycles. The molecule has 0 unspecified atom stereocenters. The zero-order valence-corrected chi connectivity index (χ0v) is 16.0. The third-order valence-electron chi connectivity index (χ3n) is 2.94. The number of nitrogens with one attached hydrogen (secondary N) is 2. The molecule has 1 rings (SSSR count). The molecule has 6 nitrogen and oxygen atoms in total. The Morgan fingerprint density at radius 1 is 1.30 bits per heavy atom. The lowest BCUT2D eigenvalue weighted by molar-refractivity contribution is -0.142. The van der Waals surface area contributed by atoms with Crippen LogP contribution in [0.3, 0.4) is 0 Å². The summed E-state index contributed by atoms with van der Waals surface area (Å²) in [6, 6.07) is 0. The van der Waals surface area contributed by atoms with Crippen LogP contribution in [-0.4, -0.2) is 55.7 Å². The Bertz CT molecular complexity index is 485. The van der Waals surface area contributed by atoms with Crippen LogP contribution in [0.25, 0.3) is 0 Å². The largest absolute Gasteiger partial charge is 0.444 e. The molecule has 0 atom stereocenters. The SMILES string of the molecule is CN=C(NCCN(C)CC(F)(F)F)NCc1nc(C)c(C)o1.I. The summed E-state index contributed by atoms with van der Waals surface area (Å²) >= 11 is 0. The second-order valence-corrected chi connectivity index (χ2v) is 4.95. The molecule has 0 saturated carbocycles. The van der Waals surface area contributed by atoms with Crippen LogP contribution in [0.1, 0.15) is 17.3 Å². The Kier molecular flexibility index (Phi) is 9.51. The van der Waals surface area contributed by atoms with Gasteiger partial charge >= 0.3 is 6.18 Å². The quantitative estimate of drug-likeness (QED) is 0.396. The fourth-order valence-corrected chi connectivity index (χ4v) is 1.75. The summed E-state index contributed by atoms with van der Waals surface area (Å²) in [6.07, 6.45) is -4.19. The van der Waals surface area contributed by atoms with Crippen molar-refractivity contribution in [2.75, 3.05) is 33.7 Å². The maximum atomic E-state index is 12.2. The van der Waals surface area contributed by atoms with Crippen LogP contribution in [0, 0.1) is 13.8 Å². The average Bonchev–Trinajstić information content (AvgIpc) is 2.70. The van der Waals surface area contributed by atoms with E-state index in [0.29, 0.717) is 24.9 Å². The summed E-state index contributed by atoms with van der Waals surface area (Å²) in [7, 11) is 3.00. The number of rotatable bonds is 6. The van der Waals surface area contributed by atoms with Crippen LogP contribution in [0.2, 0.25) is 0 Å². The van der Waals surface area contributed by atoms with Crippen molar-refractivity contribution < 1.29 is 17.6 Å². The highest BCUT2D eigenvalue weighted by atomic mass is 127. The molecule has 134 valence electrons. The number of nitrogens with zero attached hydrogens (tertiary/aromatic N) is 3. The Labute approximate surface area is 150 Å². The van der Waals surface area contributed by atoms with E-state index in [9.17, 15) is 13.2 Å². The Morgan fingerprint density at radius 3 is 2.43 bits per heavy atom. The van der Waals surface area contributed by atoms with E-state index < -0.39 is 12.7 Å². The van der Waals surface area contributed by atoms with Gasteiger partial charge in [0.2, 0.25) is 5.89 Å². The molecule has 0 aliphatic heterocycles. The summed E-state index contributed by atoms with van der Waals surface area (Å²) in [5.41, 5.74) is 0.827. The maximum absolute atomic E-state index is 12.2. The molecular weight excluding hydrogens is 426 g/mol. The smallest absolute Gasteiger partial charge is 0.401 e. The molecule has 10 heteroatoms. The number of aromatic nitrogens is 1. The normalized spacial score (nSPS) is 12.3. The lowest BCUT2D eigenvalue weighted by Gasteiger charge is -2.19. The van der Waals surface area contributed by atoms with E-state index in [-0.39, 0.29) is 30.5 Å². The van der Waals surface area contributed by atoms with Crippen LogP contribution >= 0.6 is 24.0 Å². The first-order chi connectivity index (χ1) is 10.2. The second-order valence-electron chi connectivity index (χ2n) is 4.95. The Hall–Kier alpha value is -1.04. The van der Waals surface area contributed by atoms with Gasteiger partial charge in [-0.25, -0.2) is 4.98 Å².